The second-order valence-electron chi connectivity index (χ2n) is 3.86. The highest BCUT2D eigenvalue weighted by Gasteiger charge is 2.15. The van der Waals surface area contributed by atoms with Crippen molar-refractivity contribution in [2.75, 3.05) is 0 Å². The highest BCUT2D eigenvalue weighted by molar-refractivity contribution is 6.32. The van der Waals surface area contributed by atoms with Crippen molar-refractivity contribution in [1.82, 2.24) is 0 Å². The van der Waals surface area contributed by atoms with E-state index in [2.05, 4.69) is 0 Å². The summed E-state index contributed by atoms with van der Waals surface area (Å²) < 4.78 is 19.0. The van der Waals surface area contributed by atoms with Crippen molar-refractivity contribution in [3.63, 3.8) is 0 Å². The van der Waals surface area contributed by atoms with E-state index in [0.717, 1.165) is 6.07 Å². The van der Waals surface area contributed by atoms with Crippen LogP contribution in [0, 0.1) is 15.9 Å². The number of benzene rings is 2. The van der Waals surface area contributed by atoms with Crippen LogP contribution < -0.4 is 4.74 Å². The largest absolute Gasteiger partial charge is 0.454 e. The van der Waals surface area contributed by atoms with E-state index in [-0.39, 0.29) is 27.8 Å². The Morgan fingerprint density at radius 3 is 2.70 bits per heavy atom. The number of ether oxygens (including phenoxy) is 1. The Labute approximate surface area is 118 Å². The van der Waals surface area contributed by atoms with Gasteiger partial charge in [-0.2, -0.15) is 0 Å². The SMILES string of the molecule is O=[N+]([O-])c1ccc(Oc2c(F)cccc2CO)cc1Cl. The number of halogens is 2. The van der Waals surface area contributed by atoms with E-state index in [1.165, 1.54) is 30.3 Å². The summed E-state index contributed by atoms with van der Waals surface area (Å²) in [5.41, 5.74) is -0.00518. The molecule has 0 atom stereocenters. The summed E-state index contributed by atoms with van der Waals surface area (Å²) in [4.78, 5) is 10.0. The summed E-state index contributed by atoms with van der Waals surface area (Å²) in [5.74, 6) is -0.647. The van der Waals surface area contributed by atoms with Gasteiger partial charge in [-0.1, -0.05) is 23.7 Å². The lowest BCUT2D eigenvalue weighted by atomic mass is 10.2. The van der Waals surface area contributed by atoms with Gasteiger partial charge in [0.15, 0.2) is 11.6 Å². The van der Waals surface area contributed by atoms with Gasteiger partial charge in [0.2, 0.25) is 0 Å². The Kier molecular flexibility index (Phi) is 4.16. The number of para-hydroxylation sites is 1. The van der Waals surface area contributed by atoms with Crippen LogP contribution in [-0.2, 0) is 6.61 Å². The first-order valence-corrected chi connectivity index (χ1v) is 5.90. The maximum Gasteiger partial charge on any atom is 0.288 e. The van der Waals surface area contributed by atoms with Crippen LogP contribution in [0.1, 0.15) is 5.56 Å². The number of rotatable bonds is 4. The summed E-state index contributed by atoms with van der Waals surface area (Å²) in [6.45, 7) is -0.395. The second kappa shape index (κ2) is 5.85. The monoisotopic (exact) mass is 297 g/mol. The summed E-state index contributed by atoms with van der Waals surface area (Å²) in [6, 6.07) is 7.81. The van der Waals surface area contributed by atoms with Gasteiger partial charge in [-0.15, -0.1) is 0 Å². The molecule has 7 heteroatoms. The van der Waals surface area contributed by atoms with E-state index in [0.29, 0.717) is 0 Å². The summed E-state index contributed by atoms with van der Waals surface area (Å²) in [6.07, 6.45) is 0. The number of hydrogen-bond acceptors (Lipinski definition) is 4. The number of nitro benzene ring substituents is 1. The van der Waals surface area contributed by atoms with Gasteiger partial charge >= 0.3 is 0 Å². The second-order valence-corrected chi connectivity index (χ2v) is 4.27. The number of aliphatic hydroxyl groups is 1. The van der Waals surface area contributed by atoms with E-state index < -0.39 is 17.3 Å². The lowest BCUT2D eigenvalue weighted by Crippen LogP contribution is -1.96. The fourth-order valence-corrected chi connectivity index (χ4v) is 1.85. The van der Waals surface area contributed by atoms with Crippen LogP contribution in [0.2, 0.25) is 5.02 Å². The fraction of sp³-hybridized carbons (Fsp3) is 0.0769. The van der Waals surface area contributed by atoms with Crippen LogP contribution in [-0.4, -0.2) is 10.0 Å². The highest BCUT2D eigenvalue weighted by Crippen LogP contribution is 2.33. The average Bonchev–Trinajstić information content (AvgIpc) is 2.40. The molecule has 0 fully saturated rings. The lowest BCUT2D eigenvalue weighted by Gasteiger charge is -2.10. The predicted molar refractivity (Wildman–Crippen MR) is 70.5 cm³/mol. The molecule has 0 saturated carbocycles. The zero-order valence-corrected chi connectivity index (χ0v) is 10.8. The van der Waals surface area contributed by atoms with Crippen molar-refractivity contribution in [3.05, 3.63) is 62.9 Å². The van der Waals surface area contributed by atoms with Crippen LogP contribution in [0.4, 0.5) is 10.1 Å². The van der Waals surface area contributed by atoms with Crippen LogP contribution in [0.5, 0.6) is 11.5 Å². The van der Waals surface area contributed by atoms with Gasteiger partial charge in [-0.25, -0.2) is 4.39 Å². The van der Waals surface area contributed by atoms with Crippen molar-refractivity contribution in [2.45, 2.75) is 6.61 Å². The number of nitrogens with zero attached hydrogens (tertiary/aromatic N) is 1. The number of aliphatic hydroxyl groups excluding tert-OH is 1. The Morgan fingerprint density at radius 1 is 1.35 bits per heavy atom. The van der Waals surface area contributed by atoms with Gasteiger partial charge < -0.3 is 9.84 Å². The van der Waals surface area contributed by atoms with Crippen LogP contribution >= 0.6 is 11.6 Å². The molecule has 20 heavy (non-hydrogen) atoms. The Hall–Kier alpha value is -2.18. The van der Waals surface area contributed by atoms with Gasteiger partial charge in [0, 0.05) is 17.7 Å². The third-order valence-electron chi connectivity index (χ3n) is 2.55. The highest BCUT2D eigenvalue weighted by atomic mass is 35.5. The molecule has 2 aromatic rings. The normalized spacial score (nSPS) is 10.3. The van der Waals surface area contributed by atoms with E-state index in [4.69, 9.17) is 21.4 Å². The molecule has 0 bridgehead atoms. The van der Waals surface area contributed by atoms with Crippen molar-refractivity contribution in [3.8, 4) is 11.5 Å². The molecule has 2 aromatic carbocycles. The first-order chi connectivity index (χ1) is 9.52. The molecule has 0 aliphatic heterocycles. The molecule has 0 heterocycles. The van der Waals surface area contributed by atoms with Gasteiger partial charge in [0.05, 0.1) is 11.5 Å². The zero-order chi connectivity index (χ0) is 14.7. The molecule has 0 spiro atoms. The van der Waals surface area contributed by atoms with Crippen molar-refractivity contribution in [1.29, 1.82) is 0 Å². The third-order valence-corrected chi connectivity index (χ3v) is 2.86. The summed E-state index contributed by atoms with van der Waals surface area (Å²) >= 11 is 5.74. The molecule has 2 rings (SSSR count). The van der Waals surface area contributed by atoms with E-state index in [9.17, 15) is 14.5 Å². The molecule has 0 saturated heterocycles. The van der Waals surface area contributed by atoms with Gasteiger partial charge in [0.25, 0.3) is 5.69 Å². The van der Waals surface area contributed by atoms with Gasteiger partial charge in [-0.3, -0.25) is 10.1 Å². The zero-order valence-electron chi connectivity index (χ0n) is 10.0. The average molecular weight is 298 g/mol. The first-order valence-electron chi connectivity index (χ1n) is 5.53. The van der Waals surface area contributed by atoms with Crippen LogP contribution in [0.25, 0.3) is 0 Å². The predicted octanol–water partition coefficient (Wildman–Crippen LogP) is 3.67. The maximum absolute atomic E-state index is 13.7. The quantitative estimate of drug-likeness (QED) is 0.690. The first kappa shape index (κ1) is 14.2. The lowest BCUT2D eigenvalue weighted by molar-refractivity contribution is -0.384. The smallest absolute Gasteiger partial charge is 0.288 e. The van der Waals surface area contributed by atoms with E-state index >= 15 is 0 Å². The van der Waals surface area contributed by atoms with Crippen LogP contribution in [0.15, 0.2) is 36.4 Å². The summed E-state index contributed by atoms with van der Waals surface area (Å²) in [5, 5.41) is 19.6. The maximum atomic E-state index is 13.7. The Morgan fingerprint density at radius 2 is 2.10 bits per heavy atom. The number of hydrogen-bond donors (Lipinski definition) is 1. The minimum absolute atomic E-state index is 0.116. The Balaban J connectivity index is 2.36. The molecule has 0 aliphatic rings. The van der Waals surface area contributed by atoms with Crippen molar-refractivity contribution < 1.29 is 19.2 Å². The van der Waals surface area contributed by atoms with Gasteiger partial charge in [-0.05, 0) is 12.1 Å². The van der Waals surface area contributed by atoms with Crippen molar-refractivity contribution in [2.24, 2.45) is 0 Å². The molecule has 0 unspecified atom stereocenters. The minimum atomic E-state index is -0.647. The molecule has 0 aliphatic carbocycles. The van der Waals surface area contributed by atoms with Crippen LogP contribution in [0.3, 0.4) is 0 Å². The molecule has 0 amide bonds. The molecular formula is C13H9ClFNO4. The minimum Gasteiger partial charge on any atom is -0.454 e. The van der Waals surface area contributed by atoms with E-state index in [1.54, 1.807) is 0 Å². The fourth-order valence-electron chi connectivity index (χ4n) is 1.61. The van der Waals surface area contributed by atoms with Crippen molar-refractivity contribution >= 4 is 17.3 Å². The summed E-state index contributed by atoms with van der Waals surface area (Å²) in [7, 11) is 0. The van der Waals surface area contributed by atoms with Gasteiger partial charge in [0.1, 0.15) is 10.8 Å². The third kappa shape index (κ3) is 2.87. The Bertz CT molecular complexity index is 663. The molecular weight excluding hydrogens is 289 g/mol. The molecule has 5 nitrogen and oxygen atoms in total. The van der Waals surface area contributed by atoms with E-state index in [1.807, 2.05) is 0 Å². The number of nitro groups is 1. The molecule has 0 aromatic heterocycles. The molecule has 0 radical (unpaired) electrons. The standard InChI is InChI=1S/C13H9ClFNO4/c14-10-6-9(4-5-12(10)16(18)19)20-13-8(7-17)2-1-3-11(13)15/h1-6,17H,7H2. The topological polar surface area (TPSA) is 72.6 Å². The molecule has 104 valence electrons. The molecule has 1 N–H and O–H groups in total.